The van der Waals surface area contributed by atoms with E-state index in [9.17, 15) is 0 Å². The minimum Gasteiger partial charge on any atom is -0.379 e. The van der Waals surface area contributed by atoms with E-state index >= 15 is 0 Å². The van der Waals surface area contributed by atoms with Crippen LogP contribution in [-0.2, 0) is 24.2 Å². The fraction of sp³-hybridized carbons (Fsp3) is 0.500. The maximum atomic E-state index is 5.44. The molecule has 2 aromatic rings. The molecule has 1 aliphatic heterocycles. The molecule has 2 heterocycles. The van der Waals surface area contributed by atoms with E-state index in [-0.39, 0.29) is 0 Å². The van der Waals surface area contributed by atoms with Crippen LogP contribution in [0.25, 0.3) is 0 Å². The number of rotatable bonds is 7. The van der Waals surface area contributed by atoms with Gasteiger partial charge in [-0.2, -0.15) is 0 Å². The Labute approximate surface area is 172 Å². The fourth-order valence-corrected chi connectivity index (χ4v) is 4.44. The lowest BCUT2D eigenvalue weighted by atomic mass is 10.1. The number of ether oxygens (including phenoxy) is 1. The number of aryl methyl sites for hydroxylation is 1. The van der Waals surface area contributed by atoms with Gasteiger partial charge < -0.3 is 15.4 Å². The molecule has 3 rings (SSSR count). The molecule has 1 fully saturated rings. The van der Waals surface area contributed by atoms with E-state index in [0.29, 0.717) is 6.04 Å². The number of benzene rings is 1. The van der Waals surface area contributed by atoms with Gasteiger partial charge in [-0.15, -0.1) is 11.3 Å². The van der Waals surface area contributed by atoms with E-state index in [4.69, 9.17) is 4.74 Å². The second-order valence-corrected chi connectivity index (χ2v) is 8.77. The van der Waals surface area contributed by atoms with Crippen LogP contribution in [0.1, 0.15) is 27.8 Å². The molecule has 6 heteroatoms. The SMILES string of the molecule is CN=C(NCc1cccc(CN2CCOCC2)c1)NC(C)Cc1ccc(C)s1. The van der Waals surface area contributed by atoms with Gasteiger partial charge in [0, 0.05) is 55.4 Å². The van der Waals surface area contributed by atoms with Crippen LogP contribution in [0.15, 0.2) is 41.4 Å². The molecule has 1 aromatic heterocycles. The molecule has 1 aliphatic rings. The second kappa shape index (κ2) is 10.6. The third-order valence-corrected chi connectivity index (χ3v) is 5.89. The average molecular weight is 401 g/mol. The zero-order valence-corrected chi connectivity index (χ0v) is 18.0. The summed E-state index contributed by atoms with van der Waals surface area (Å²) < 4.78 is 5.44. The first-order valence-corrected chi connectivity index (χ1v) is 10.8. The van der Waals surface area contributed by atoms with E-state index in [1.54, 1.807) is 0 Å². The summed E-state index contributed by atoms with van der Waals surface area (Å²) in [7, 11) is 1.83. The Morgan fingerprint density at radius 2 is 2.00 bits per heavy atom. The topological polar surface area (TPSA) is 48.9 Å². The Morgan fingerprint density at radius 1 is 1.21 bits per heavy atom. The normalized spacial score (nSPS) is 16.8. The van der Waals surface area contributed by atoms with Crippen molar-refractivity contribution in [2.45, 2.75) is 39.4 Å². The molecule has 28 heavy (non-hydrogen) atoms. The van der Waals surface area contributed by atoms with Gasteiger partial charge >= 0.3 is 0 Å². The number of nitrogens with zero attached hydrogens (tertiary/aromatic N) is 2. The van der Waals surface area contributed by atoms with Gasteiger partial charge in [0.2, 0.25) is 0 Å². The molecule has 1 aromatic carbocycles. The predicted octanol–water partition coefficient (Wildman–Crippen LogP) is 3.18. The van der Waals surface area contributed by atoms with Crippen molar-refractivity contribution >= 4 is 17.3 Å². The molecule has 0 radical (unpaired) electrons. The molecule has 0 amide bonds. The molecular weight excluding hydrogens is 368 g/mol. The molecule has 152 valence electrons. The molecule has 1 saturated heterocycles. The molecule has 0 saturated carbocycles. The molecule has 1 atom stereocenters. The summed E-state index contributed by atoms with van der Waals surface area (Å²) >= 11 is 1.86. The highest BCUT2D eigenvalue weighted by atomic mass is 32.1. The first-order chi connectivity index (χ1) is 13.6. The van der Waals surface area contributed by atoms with Crippen molar-refractivity contribution in [2.24, 2.45) is 4.99 Å². The van der Waals surface area contributed by atoms with E-state index in [0.717, 1.165) is 51.8 Å². The monoisotopic (exact) mass is 400 g/mol. The van der Waals surface area contributed by atoms with Crippen LogP contribution in [0.5, 0.6) is 0 Å². The van der Waals surface area contributed by atoms with Gasteiger partial charge in [-0.25, -0.2) is 0 Å². The lowest BCUT2D eigenvalue weighted by molar-refractivity contribution is 0.0342. The number of aliphatic imine (C=N–C) groups is 1. The molecule has 2 N–H and O–H groups in total. The molecule has 5 nitrogen and oxygen atoms in total. The van der Waals surface area contributed by atoms with Gasteiger partial charge in [0.05, 0.1) is 13.2 Å². The van der Waals surface area contributed by atoms with Crippen LogP contribution in [0.3, 0.4) is 0 Å². The minimum atomic E-state index is 0.330. The lowest BCUT2D eigenvalue weighted by Gasteiger charge is -2.26. The second-order valence-electron chi connectivity index (χ2n) is 7.40. The summed E-state index contributed by atoms with van der Waals surface area (Å²) in [6.45, 7) is 9.81. The highest BCUT2D eigenvalue weighted by molar-refractivity contribution is 7.11. The molecule has 0 spiro atoms. The summed E-state index contributed by atoms with van der Waals surface area (Å²) in [5, 5.41) is 6.95. The van der Waals surface area contributed by atoms with Gasteiger partial charge in [-0.1, -0.05) is 24.3 Å². The van der Waals surface area contributed by atoms with Crippen molar-refractivity contribution in [3.8, 4) is 0 Å². The van der Waals surface area contributed by atoms with Crippen LogP contribution in [0, 0.1) is 6.92 Å². The van der Waals surface area contributed by atoms with E-state index < -0.39 is 0 Å². The quantitative estimate of drug-likeness (QED) is 0.554. The number of hydrogen-bond donors (Lipinski definition) is 2. The van der Waals surface area contributed by atoms with Crippen LogP contribution < -0.4 is 10.6 Å². The zero-order valence-electron chi connectivity index (χ0n) is 17.2. The molecule has 0 aliphatic carbocycles. The van der Waals surface area contributed by atoms with E-state index in [1.165, 1.54) is 20.9 Å². The van der Waals surface area contributed by atoms with Crippen molar-refractivity contribution < 1.29 is 4.74 Å². The van der Waals surface area contributed by atoms with E-state index in [1.807, 2.05) is 18.4 Å². The number of thiophene rings is 1. The Hall–Kier alpha value is -1.89. The fourth-order valence-electron chi connectivity index (χ4n) is 3.42. The Morgan fingerprint density at radius 3 is 2.71 bits per heavy atom. The van der Waals surface area contributed by atoms with Gasteiger partial charge in [0.25, 0.3) is 0 Å². The number of nitrogens with one attached hydrogen (secondary N) is 2. The van der Waals surface area contributed by atoms with Crippen molar-refractivity contribution in [1.29, 1.82) is 0 Å². The molecule has 1 unspecified atom stereocenters. The van der Waals surface area contributed by atoms with Crippen LogP contribution >= 0.6 is 11.3 Å². The summed E-state index contributed by atoms with van der Waals surface area (Å²) in [6, 6.07) is 13.5. The largest absolute Gasteiger partial charge is 0.379 e. The molecule has 0 bridgehead atoms. The first kappa shape index (κ1) is 20.8. The van der Waals surface area contributed by atoms with E-state index in [2.05, 4.69) is 70.8 Å². The van der Waals surface area contributed by atoms with Gasteiger partial charge in [0.15, 0.2) is 5.96 Å². The van der Waals surface area contributed by atoms with Crippen LogP contribution in [0.2, 0.25) is 0 Å². The lowest BCUT2D eigenvalue weighted by Crippen LogP contribution is -2.42. The van der Waals surface area contributed by atoms with Crippen LogP contribution in [-0.4, -0.2) is 50.3 Å². The zero-order chi connectivity index (χ0) is 19.8. The van der Waals surface area contributed by atoms with Crippen LogP contribution in [0.4, 0.5) is 0 Å². The summed E-state index contributed by atoms with van der Waals surface area (Å²) in [6.07, 6.45) is 1.01. The number of guanidine groups is 1. The average Bonchev–Trinajstić information content (AvgIpc) is 3.10. The Kier molecular flexibility index (Phi) is 7.89. The Balaban J connectivity index is 1.48. The highest BCUT2D eigenvalue weighted by Gasteiger charge is 2.11. The van der Waals surface area contributed by atoms with Gasteiger partial charge in [-0.05, 0) is 37.1 Å². The molecular formula is C22H32N4OS. The minimum absolute atomic E-state index is 0.330. The Bertz CT molecular complexity index is 767. The van der Waals surface area contributed by atoms with Crippen molar-refractivity contribution in [2.75, 3.05) is 33.4 Å². The third-order valence-electron chi connectivity index (χ3n) is 4.87. The number of morpholine rings is 1. The number of hydrogen-bond acceptors (Lipinski definition) is 4. The summed E-state index contributed by atoms with van der Waals surface area (Å²) in [4.78, 5) is 9.60. The smallest absolute Gasteiger partial charge is 0.191 e. The third kappa shape index (κ3) is 6.62. The van der Waals surface area contributed by atoms with Crippen molar-refractivity contribution in [1.82, 2.24) is 15.5 Å². The van der Waals surface area contributed by atoms with Gasteiger partial charge in [0.1, 0.15) is 0 Å². The van der Waals surface area contributed by atoms with Crippen molar-refractivity contribution in [3.63, 3.8) is 0 Å². The van der Waals surface area contributed by atoms with Crippen molar-refractivity contribution in [3.05, 3.63) is 57.3 Å². The van der Waals surface area contributed by atoms with Gasteiger partial charge in [-0.3, -0.25) is 9.89 Å². The standard InChI is InChI=1S/C22H32N4OS/c1-17(13-21-8-7-18(2)28-21)25-22(23-3)24-15-19-5-4-6-20(14-19)16-26-9-11-27-12-10-26/h4-8,14,17H,9-13,15-16H2,1-3H3,(H2,23,24,25). The first-order valence-electron chi connectivity index (χ1n) is 10.0. The summed E-state index contributed by atoms with van der Waals surface area (Å²) in [5.41, 5.74) is 2.63. The summed E-state index contributed by atoms with van der Waals surface area (Å²) in [5.74, 6) is 0.847. The maximum Gasteiger partial charge on any atom is 0.191 e. The maximum absolute atomic E-state index is 5.44. The highest BCUT2D eigenvalue weighted by Crippen LogP contribution is 2.16. The predicted molar refractivity (Wildman–Crippen MR) is 118 cm³/mol.